The van der Waals surface area contributed by atoms with E-state index < -0.39 is 0 Å². The molecule has 2 saturated carbocycles. The standard InChI is InChI=1S/C20H38/c1-13-8-9-19(13)16(4)10-14(2)15(3)11-18-12-17(5)20(18,6)7/h13-19H,8-12H2,1-7H3. The predicted octanol–water partition coefficient (Wildman–Crippen LogP) is 6.40. The molecule has 0 amide bonds. The second kappa shape index (κ2) is 6.01. The molecular weight excluding hydrogens is 240 g/mol. The molecule has 0 aromatic rings. The molecule has 0 aromatic heterocycles. The highest BCUT2D eigenvalue weighted by atomic mass is 14.5. The fraction of sp³-hybridized carbons (Fsp3) is 1.00. The van der Waals surface area contributed by atoms with Gasteiger partial charge in [-0.3, -0.25) is 0 Å². The lowest BCUT2D eigenvalue weighted by atomic mass is 9.53. The molecule has 2 aliphatic carbocycles. The van der Waals surface area contributed by atoms with E-state index in [9.17, 15) is 0 Å². The van der Waals surface area contributed by atoms with E-state index in [0.717, 1.165) is 41.4 Å². The van der Waals surface area contributed by atoms with Crippen LogP contribution < -0.4 is 0 Å². The van der Waals surface area contributed by atoms with Gasteiger partial charge in [0.1, 0.15) is 0 Å². The maximum atomic E-state index is 2.51. The molecule has 0 N–H and O–H groups in total. The van der Waals surface area contributed by atoms with Gasteiger partial charge in [-0.2, -0.15) is 0 Å². The highest BCUT2D eigenvalue weighted by Crippen LogP contribution is 2.54. The Bertz CT molecular complexity index is 316. The van der Waals surface area contributed by atoms with Crippen molar-refractivity contribution in [3.8, 4) is 0 Å². The number of rotatable bonds is 6. The van der Waals surface area contributed by atoms with Crippen LogP contribution in [0.5, 0.6) is 0 Å². The molecule has 0 radical (unpaired) electrons. The molecule has 118 valence electrons. The SMILES string of the molecule is CC(CC(C)C1CCC1C)C(C)CC1CC(C)C1(C)C. The molecule has 0 saturated heterocycles. The normalized spacial score (nSPS) is 40.4. The molecule has 0 aliphatic heterocycles. The van der Waals surface area contributed by atoms with Gasteiger partial charge in [0.05, 0.1) is 0 Å². The average Bonchev–Trinajstić information content (AvgIpc) is 2.36. The van der Waals surface area contributed by atoms with E-state index in [-0.39, 0.29) is 0 Å². The van der Waals surface area contributed by atoms with E-state index in [0.29, 0.717) is 5.41 Å². The van der Waals surface area contributed by atoms with Gasteiger partial charge in [0.25, 0.3) is 0 Å². The van der Waals surface area contributed by atoms with Crippen molar-refractivity contribution in [3.63, 3.8) is 0 Å². The van der Waals surface area contributed by atoms with Crippen molar-refractivity contribution in [3.05, 3.63) is 0 Å². The Morgan fingerprint density at radius 3 is 2.05 bits per heavy atom. The van der Waals surface area contributed by atoms with Crippen molar-refractivity contribution in [1.29, 1.82) is 0 Å². The molecule has 2 rings (SSSR count). The van der Waals surface area contributed by atoms with Gasteiger partial charge in [-0.15, -0.1) is 0 Å². The first-order valence-corrected chi connectivity index (χ1v) is 9.23. The Labute approximate surface area is 128 Å². The smallest absolute Gasteiger partial charge is 0.0300 e. The predicted molar refractivity (Wildman–Crippen MR) is 89.7 cm³/mol. The van der Waals surface area contributed by atoms with Crippen LogP contribution in [0.25, 0.3) is 0 Å². The average molecular weight is 279 g/mol. The van der Waals surface area contributed by atoms with Crippen LogP contribution in [-0.2, 0) is 0 Å². The number of hydrogen-bond donors (Lipinski definition) is 0. The van der Waals surface area contributed by atoms with Gasteiger partial charge in [-0.05, 0) is 72.5 Å². The lowest BCUT2D eigenvalue weighted by Gasteiger charge is -2.52. The van der Waals surface area contributed by atoms with Crippen molar-refractivity contribution < 1.29 is 0 Å². The van der Waals surface area contributed by atoms with Gasteiger partial charge in [-0.1, -0.05) is 54.9 Å². The minimum Gasteiger partial charge on any atom is -0.0622 e. The summed E-state index contributed by atoms with van der Waals surface area (Å²) >= 11 is 0. The van der Waals surface area contributed by atoms with E-state index in [1.165, 1.54) is 32.1 Å². The molecule has 0 heteroatoms. The molecule has 20 heavy (non-hydrogen) atoms. The highest BCUT2D eigenvalue weighted by molar-refractivity contribution is 4.95. The van der Waals surface area contributed by atoms with Gasteiger partial charge in [0.15, 0.2) is 0 Å². The summed E-state index contributed by atoms with van der Waals surface area (Å²) in [7, 11) is 0. The zero-order valence-electron chi connectivity index (χ0n) is 15.1. The second-order valence-corrected chi connectivity index (χ2v) is 9.28. The molecule has 7 unspecified atom stereocenters. The second-order valence-electron chi connectivity index (χ2n) is 9.28. The molecule has 0 nitrogen and oxygen atoms in total. The first-order valence-electron chi connectivity index (χ1n) is 9.23. The van der Waals surface area contributed by atoms with Crippen LogP contribution >= 0.6 is 0 Å². The maximum absolute atomic E-state index is 2.51. The van der Waals surface area contributed by atoms with Crippen molar-refractivity contribution in [1.82, 2.24) is 0 Å². The Balaban J connectivity index is 1.76. The molecule has 7 atom stereocenters. The van der Waals surface area contributed by atoms with Crippen molar-refractivity contribution in [2.75, 3.05) is 0 Å². The van der Waals surface area contributed by atoms with Gasteiger partial charge < -0.3 is 0 Å². The van der Waals surface area contributed by atoms with Crippen molar-refractivity contribution in [2.45, 2.75) is 80.6 Å². The summed E-state index contributed by atoms with van der Waals surface area (Å²) in [6.07, 6.45) is 7.37. The minimum atomic E-state index is 0.599. The summed E-state index contributed by atoms with van der Waals surface area (Å²) in [4.78, 5) is 0. The van der Waals surface area contributed by atoms with Crippen LogP contribution in [0.4, 0.5) is 0 Å². The highest BCUT2D eigenvalue weighted by Gasteiger charge is 2.45. The Kier molecular flexibility index (Phi) is 4.92. The fourth-order valence-electron chi connectivity index (χ4n) is 4.89. The fourth-order valence-corrected chi connectivity index (χ4v) is 4.89. The van der Waals surface area contributed by atoms with Crippen LogP contribution in [0.2, 0.25) is 0 Å². The monoisotopic (exact) mass is 278 g/mol. The molecule has 2 aliphatic rings. The zero-order valence-corrected chi connectivity index (χ0v) is 15.1. The Hall–Kier alpha value is 0. The Morgan fingerprint density at radius 2 is 1.65 bits per heavy atom. The first-order chi connectivity index (χ1) is 9.23. The summed E-state index contributed by atoms with van der Waals surface area (Å²) in [5.41, 5.74) is 0.599. The third-order valence-electron chi connectivity index (χ3n) is 7.75. The van der Waals surface area contributed by atoms with Crippen LogP contribution in [0.15, 0.2) is 0 Å². The van der Waals surface area contributed by atoms with E-state index in [4.69, 9.17) is 0 Å². The van der Waals surface area contributed by atoms with Crippen LogP contribution in [0.1, 0.15) is 80.6 Å². The molecule has 0 aromatic carbocycles. The van der Waals surface area contributed by atoms with E-state index in [2.05, 4.69) is 48.5 Å². The lowest BCUT2D eigenvalue weighted by molar-refractivity contribution is -0.0277. The summed E-state index contributed by atoms with van der Waals surface area (Å²) < 4.78 is 0. The third kappa shape index (κ3) is 3.09. The molecular formula is C20H38. The molecule has 0 heterocycles. The van der Waals surface area contributed by atoms with Gasteiger partial charge in [-0.25, -0.2) is 0 Å². The summed E-state index contributed by atoms with van der Waals surface area (Å²) in [6, 6.07) is 0. The minimum absolute atomic E-state index is 0.599. The van der Waals surface area contributed by atoms with Crippen molar-refractivity contribution in [2.24, 2.45) is 46.8 Å². The summed E-state index contributed by atoms with van der Waals surface area (Å²) in [5.74, 6) is 6.71. The van der Waals surface area contributed by atoms with Crippen LogP contribution in [0.3, 0.4) is 0 Å². The molecule has 0 spiro atoms. The van der Waals surface area contributed by atoms with E-state index in [1.807, 2.05) is 0 Å². The van der Waals surface area contributed by atoms with E-state index in [1.54, 1.807) is 0 Å². The number of hydrogen-bond acceptors (Lipinski definition) is 0. The molecule has 2 fully saturated rings. The lowest BCUT2D eigenvalue weighted by Crippen LogP contribution is -2.44. The Morgan fingerprint density at radius 1 is 1.00 bits per heavy atom. The van der Waals surface area contributed by atoms with Gasteiger partial charge in [0.2, 0.25) is 0 Å². The quantitative estimate of drug-likeness (QED) is 0.527. The van der Waals surface area contributed by atoms with Crippen LogP contribution in [0, 0.1) is 46.8 Å². The first kappa shape index (κ1) is 16.4. The zero-order chi connectivity index (χ0) is 15.1. The third-order valence-corrected chi connectivity index (χ3v) is 7.75. The van der Waals surface area contributed by atoms with Crippen LogP contribution in [-0.4, -0.2) is 0 Å². The largest absolute Gasteiger partial charge is 0.0622 e. The van der Waals surface area contributed by atoms with E-state index >= 15 is 0 Å². The van der Waals surface area contributed by atoms with Crippen molar-refractivity contribution >= 4 is 0 Å². The summed E-state index contributed by atoms with van der Waals surface area (Å²) in [6.45, 7) is 17.4. The topological polar surface area (TPSA) is 0 Å². The van der Waals surface area contributed by atoms with Gasteiger partial charge in [0, 0.05) is 0 Å². The summed E-state index contributed by atoms with van der Waals surface area (Å²) in [5, 5.41) is 0. The maximum Gasteiger partial charge on any atom is -0.0300 e. The van der Waals surface area contributed by atoms with Gasteiger partial charge >= 0.3 is 0 Å². The molecule has 0 bridgehead atoms.